The molecule has 30 heavy (non-hydrogen) atoms. The number of carbonyl (C=O) groups excluding carboxylic acids is 1. The monoisotopic (exact) mass is 434 g/mol. The first-order valence-electron chi connectivity index (χ1n) is 11.4. The summed E-state index contributed by atoms with van der Waals surface area (Å²) in [7, 11) is -3.52. The Morgan fingerprint density at radius 3 is 2.27 bits per heavy atom. The van der Waals surface area contributed by atoms with Crippen LogP contribution in [0.4, 0.5) is 10.5 Å². The fourth-order valence-corrected chi connectivity index (χ4v) is 6.45. The van der Waals surface area contributed by atoms with Gasteiger partial charge in [0.25, 0.3) is 0 Å². The number of urea groups is 1. The number of benzene rings is 1. The van der Waals surface area contributed by atoms with E-state index in [0.717, 1.165) is 37.9 Å². The number of rotatable bonds is 4. The van der Waals surface area contributed by atoms with Crippen molar-refractivity contribution in [2.24, 2.45) is 0 Å². The molecular formula is C22H34N4O3S. The Labute approximate surface area is 180 Å². The van der Waals surface area contributed by atoms with Gasteiger partial charge in [0.1, 0.15) is 0 Å². The molecule has 4 rings (SSSR count). The summed E-state index contributed by atoms with van der Waals surface area (Å²) >= 11 is 0. The molecule has 3 fully saturated rings. The number of aryl methyl sites for hydroxylation is 1. The SMILES string of the molecule is Cc1ccc(S(=O)(=O)N2CCCCC2)cc1NC(=O)N1CCN(C2CCCC2)CC1. The van der Waals surface area contributed by atoms with Crippen LogP contribution in [0.2, 0.25) is 0 Å². The Bertz CT molecular complexity index is 853. The molecule has 0 radical (unpaired) electrons. The number of piperidine rings is 1. The van der Waals surface area contributed by atoms with Crippen molar-refractivity contribution in [3.8, 4) is 0 Å². The fourth-order valence-electron chi connectivity index (χ4n) is 4.90. The summed E-state index contributed by atoms with van der Waals surface area (Å²) in [6.07, 6.45) is 8.09. The Kier molecular flexibility index (Phi) is 6.65. The van der Waals surface area contributed by atoms with E-state index in [0.29, 0.717) is 37.9 Å². The molecule has 1 aromatic rings. The summed E-state index contributed by atoms with van der Waals surface area (Å²) < 4.78 is 27.6. The van der Waals surface area contributed by atoms with Crippen LogP contribution in [0.5, 0.6) is 0 Å². The van der Waals surface area contributed by atoms with Gasteiger partial charge in [0.05, 0.1) is 4.90 Å². The van der Waals surface area contributed by atoms with Crippen LogP contribution in [0.15, 0.2) is 23.1 Å². The average molecular weight is 435 g/mol. The van der Waals surface area contributed by atoms with Crippen LogP contribution in [0.1, 0.15) is 50.5 Å². The lowest BCUT2D eigenvalue weighted by Crippen LogP contribution is -2.52. The molecule has 1 N–H and O–H groups in total. The van der Waals surface area contributed by atoms with Crippen LogP contribution >= 0.6 is 0 Å². The largest absolute Gasteiger partial charge is 0.322 e. The van der Waals surface area contributed by atoms with E-state index >= 15 is 0 Å². The zero-order chi connectivity index (χ0) is 21.1. The maximum Gasteiger partial charge on any atom is 0.321 e. The number of amides is 2. The quantitative estimate of drug-likeness (QED) is 0.789. The molecule has 8 heteroatoms. The van der Waals surface area contributed by atoms with Gasteiger partial charge in [0, 0.05) is 51.0 Å². The molecule has 0 spiro atoms. The second kappa shape index (κ2) is 9.24. The number of hydrogen-bond acceptors (Lipinski definition) is 4. The van der Waals surface area contributed by atoms with Gasteiger partial charge in [-0.3, -0.25) is 4.90 Å². The van der Waals surface area contributed by atoms with E-state index in [2.05, 4.69) is 10.2 Å². The van der Waals surface area contributed by atoms with E-state index < -0.39 is 10.0 Å². The zero-order valence-corrected chi connectivity index (χ0v) is 18.8. The third kappa shape index (κ3) is 4.65. The topological polar surface area (TPSA) is 73.0 Å². The molecule has 0 aromatic heterocycles. The summed E-state index contributed by atoms with van der Waals surface area (Å²) in [5.41, 5.74) is 1.45. The molecule has 3 aliphatic rings. The number of carbonyl (C=O) groups is 1. The van der Waals surface area contributed by atoms with Crippen molar-refractivity contribution in [2.75, 3.05) is 44.6 Å². The summed E-state index contributed by atoms with van der Waals surface area (Å²) in [6.45, 7) is 6.30. The van der Waals surface area contributed by atoms with Gasteiger partial charge in [0.2, 0.25) is 10.0 Å². The van der Waals surface area contributed by atoms with E-state index in [1.165, 1.54) is 25.7 Å². The van der Waals surface area contributed by atoms with Crippen LogP contribution in [0.3, 0.4) is 0 Å². The first-order chi connectivity index (χ1) is 14.4. The van der Waals surface area contributed by atoms with Gasteiger partial charge in [-0.1, -0.05) is 25.3 Å². The molecule has 1 saturated carbocycles. The highest BCUT2D eigenvalue weighted by atomic mass is 32.2. The van der Waals surface area contributed by atoms with Crippen molar-refractivity contribution in [1.29, 1.82) is 0 Å². The number of nitrogens with zero attached hydrogens (tertiary/aromatic N) is 3. The molecule has 1 aliphatic carbocycles. The second-order valence-electron chi connectivity index (χ2n) is 8.83. The minimum Gasteiger partial charge on any atom is -0.322 e. The van der Waals surface area contributed by atoms with Crippen LogP contribution in [0, 0.1) is 6.92 Å². The number of sulfonamides is 1. The molecule has 1 aromatic carbocycles. The highest BCUT2D eigenvalue weighted by Crippen LogP contribution is 2.26. The van der Waals surface area contributed by atoms with Crippen LogP contribution in [0.25, 0.3) is 0 Å². The number of anilines is 1. The first-order valence-corrected chi connectivity index (χ1v) is 12.8. The van der Waals surface area contributed by atoms with E-state index in [-0.39, 0.29) is 10.9 Å². The summed E-state index contributed by atoms with van der Waals surface area (Å²) in [5.74, 6) is 0. The second-order valence-corrected chi connectivity index (χ2v) is 10.8. The van der Waals surface area contributed by atoms with Crippen molar-refractivity contribution in [1.82, 2.24) is 14.1 Å². The average Bonchev–Trinajstić information content (AvgIpc) is 3.31. The van der Waals surface area contributed by atoms with Gasteiger partial charge in [-0.25, -0.2) is 13.2 Å². The highest BCUT2D eigenvalue weighted by Gasteiger charge is 2.29. The first kappa shape index (κ1) is 21.6. The molecule has 2 saturated heterocycles. The number of hydrogen-bond donors (Lipinski definition) is 1. The lowest BCUT2D eigenvalue weighted by Gasteiger charge is -2.38. The Morgan fingerprint density at radius 1 is 0.933 bits per heavy atom. The Morgan fingerprint density at radius 2 is 1.60 bits per heavy atom. The van der Waals surface area contributed by atoms with Crippen LogP contribution in [-0.4, -0.2) is 73.9 Å². The van der Waals surface area contributed by atoms with E-state index in [4.69, 9.17) is 0 Å². The molecule has 0 unspecified atom stereocenters. The van der Waals surface area contributed by atoms with Crippen LogP contribution < -0.4 is 5.32 Å². The van der Waals surface area contributed by atoms with Gasteiger partial charge in [0.15, 0.2) is 0 Å². The standard InChI is InChI=1S/C22H34N4O3S/c1-18-9-10-20(30(28,29)26-11-5-2-6-12-26)17-21(18)23-22(27)25-15-13-24(14-16-25)19-7-3-4-8-19/h9-10,17,19H,2-8,11-16H2,1H3,(H,23,27). The molecule has 2 amide bonds. The number of nitrogens with one attached hydrogen (secondary N) is 1. The zero-order valence-electron chi connectivity index (χ0n) is 18.0. The van der Waals surface area contributed by atoms with Gasteiger partial charge in [-0.2, -0.15) is 4.31 Å². The van der Waals surface area contributed by atoms with E-state index in [1.54, 1.807) is 22.5 Å². The lowest BCUT2D eigenvalue weighted by molar-refractivity contribution is 0.115. The van der Waals surface area contributed by atoms with Crippen molar-refractivity contribution in [3.63, 3.8) is 0 Å². The van der Waals surface area contributed by atoms with Gasteiger partial charge < -0.3 is 10.2 Å². The van der Waals surface area contributed by atoms with Crippen molar-refractivity contribution in [2.45, 2.75) is 62.8 Å². The molecule has 7 nitrogen and oxygen atoms in total. The van der Waals surface area contributed by atoms with Crippen molar-refractivity contribution in [3.05, 3.63) is 23.8 Å². The predicted octanol–water partition coefficient (Wildman–Crippen LogP) is 3.26. The minimum absolute atomic E-state index is 0.142. The predicted molar refractivity (Wildman–Crippen MR) is 118 cm³/mol. The third-order valence-corrected chi connectivity index (χ3v) is 8.74. The smallest absolute Gasteiger partial charge is 0.321 e. The maximum absolute atomic E-state index is 13.0. The summed E-state index contributed by atoms with van der Waals surface area (Å²) in [4.78, 5) is 17.5. The van der Waals surface area contributed by atoms with E-state index in [1.807, 2.05) is 11.8 Å². The Hall–Kier alpha value is -1.64. The van der Waals surface area contributed by atoms with Gasteiger partial charge in [-0.15, -0.1) is 0 Å². The number of piperazine rings is 1. The normalized spacial score (nSPS) is 22.4. The fraction of sp³-hybridized carbons (Fsp3) is 0.682. The minimum atomic E-state index is -3.52. The molecule has 0 atom stereocenters. The molecule has 166 valence electrons. The molecule has 0 bridgehead atoms. The van der Waals surface area contributed by atoms with Crippen molar-refractivity contribution < 1.29 is 13.2 Å². The third-order valence-electron chi connectivity index (χ3n) is 6.85. The van der Waals surface area contributed by atoms with Gasteiger partial charge >= 0.3 is 6.03 Å². The van der Waals surface area contributed by atoms with Crippen LogP contribution in [-0.2, 0) is 10.0 Å². The molecule has 2 heterocycles. The summed E-state index contributed by atoms with van der Waals surface area (Å²) in [6, 6.07) is 5.59. The maximum atomic E-state index is 13.0. The van der Waals surface area contributed by atoms with E-state index in [9.17, 15) is 13.2 Å². The summed E-state index contributed by atoms with van der Waals surface area (Å²) in [5, 5.41) is 2.97. The van der Waals surface area contributed by atoms with Gasteiger partial charge in [-0.05, 0) is 50.3 Å². The molecule has 2 aliphatic heterocycles. The molecular weight excluding hydrogens is 400 g/mol. The Balaban J connectivity index is 1.40. The van der Waals surface area contributed by atoms with Crippen molar-refractivity contribution >= 4 is 21.7 Å². The highest BCUT2D eigenvalue weighted by molar-refractivity contribution is 7.89. The lowest BCUT2D eigenvalue weighted by atomic mass is 10.2.